The summed E-state index contributed by atoms with van der Waals surface area (Å²) in [5.74, 6) is 1.41. The number of rotatable bonds is 11. The van der Waals surface area contributed by atoms with E-state index in [0.717, 1.165) is 51.7 Å². The third-order valence-corrected chi connectivity index (χ3v) is 9.44. The number of nitrogens with zero attached hydrogens (tertiary/aromatic N) is 2. The summed E-state index contributed by atoms with van der Waals surface area (Å²) in [5.41, 5.74) is 4.39. The molecule has 0 saturated heterocycles. The van der Waals surface area contributed by atoms with Crippen LogP contribution in [0, 0.1) is 16.2 Å². The normalized spacial score (nSPS) is 14.0. The fourth-order valence-electron chi connectivity index (χ4n) is 5.25. The largest absolute Gasteiger partial charge is 0.345 e. The van der Waals surface area contributed by atoms with Gasteiger partial charge in [0, 0.05) is 5.41 Å². The van der Waals surface area contributed by atoms with Gasteiger partial charge in [-0.15, -0.1) is 0 Å². The van der Waals surface area contributed by atoms with E-state index in [9.17, 15) is 9.59 Å². The molecule has 0 aliphatic heterocycles. The smallest absolute Gasteiger partial charge is 0.240 e. The maximum atomic E-state index is 13.0. The molecule has 0 bridgehead atoms. The second kappa shape index (κ2) is 13.7. The van der Waals surface area contributed by atoms with Crippen LogP contribution in [-0.4, -0.2) is 44.3 Å². The zero-order valence-electron chi connectivity index (χ0n) is 30.8. The molecule has 258 valence electrons. The topological polar surface area (TPSA) is 128 Å². The molecule has 0 aliphatic carbocycles. The number of aromatic amines is 2. The molecule has 0 saturated carbocycles. The lowest BCUT2D eigenvalue weighted by Gasteiger charge is -2.33. The first kappa shape index (κ1) is 36.6. The molecule has 4 aromatic rings. The Balaban J connectivity index is 1.50. The average molecular weight is 654 g/mol. The van der Waals surface area contributed by atoms with E-state index in [1.807, 2.05) is 47.0 Å². The second-order valence-corrected chi connectivity index (χ2v) is 16.2. The van der Waals surface area contributed by atoms with E-state index in [4.69, 9.17) is 4.98 Å². The summed E-state index contributed by atoms with van der Waals surface area (Å²) in [4.78, 5) is 42.3. The Kier molecular flexibility index (Phi) is 10.4. The fourth-order valence-corrected chi connectivity index (χ4v) is 5.25. The van der Waals surface area contributed by atoms with Gasteiger partial charge in [-0.05, 0) is 60.4 Å². The summed E-state index contributed by atoms with van der Waals surface area (Å²) in [6.45, 7) is 22.3. The SMILES string of the molecule is CCC(C)(C)C(=O)N[C@H](c1ncc(-c2ccc(-c3ccc(-c4cnc([C@@H](NC(=O)C(C)(C)NC)C(C)(C)C)[nH]4)cc3)cc2)[nH]1)C(C)(C)C. The molecular weight excluding hydrogens is 598 g/mol. The summed E-state index contributed by atoms with van der Waals surface area (Å²) in [5, 5.41) is 9.50. The van der Waals surface area contributed by atoms with E-state index in [2.05, 4.69) is 121 Å². The number of benzene rings is 2. The Morgan fingerprint density at radius 2 is 0.979 bits per heavy atom. The van der Waals surface area contributed by atoms with Gasteiger partial charge in [-0.2, -0.15) is 0 Å². The highest BCUT2D eigenvalue weighted by atomic mass is 16.2. The third-order valence-electron chi connectivity index (χ3n) is 9.44. The van der Waals surface area contributed by atoms with Crippen LogP contribution >= 0.6 is 0 Å². The van der Waals surface area contributed by atoms with Gasteiger partial charge in [-0.3, -0.25) is 9.59 Å². The number of hydrogen-bond acceptors (Lipinski definition) is 5. The molecule has 5 N–H and O–H groups in total. The number of nitrogens with one attached hydrogen (secondary N) is 5. The van der Waals surface area contributed by atoms with E-state index in [1.165, 1.54) is 0 Å². The van der Waals surface area contributed by atoms with Gasteiger partial charge in [-0.25, -0.2) is 9.97 Å². The highest BCUT2D eigenvalue weighted by molar-refractivity contribution is 5.85. The Bertz CT molecular complexity index is 1570. The van der Waals surface area contributed by atoms with Gasteiger partial charge in [0.15, 0.2) is 0 Å². The van der Waals surface area contributed by atoms with Crippen molar-refractivity contribution < 1.29 is 9.59 Å². The molecule has 48 heavy (non-hydrogen) atoms. The lowest BCUT2D eigenvalue weighted by molar-refractivity contribution is -0.131. The fraction of sp³-hybridized carbons (Fsp3) is 0.487. The van der Waals surface area contributed by atoms with Crippen molar-refractivity contribution in [3.8, 4) is 33.6 Å². The number of aromatic nitrogens is 4. The minimum Gasteiger partial charge on any atom is -0.345 e. The van der Waals surface area contributed by atoms with Gasteiger partial charge in [0.05, 0.1) is 41.4 Å². The Hall–Kier alpha value is -4.24. The van der Waals surface area contributed by atoms with Crippen LogP contribution in [0.1, 0.15) is 106 Å². The highest BCUT2D eigenvalue weighted by Crippen LogP contribution is 2.35. The summed E-state index contributed by atoms with van der Waals surface area (Å²) in [6, 6.07) is 16.2. The van der Waals surface area contributed by atoms with Crippen LogP contribution in [0.3, 0.4) is 0 Å². The molecule has 9 heteroatoms. The molecular formula is C39H55N7O2. The van der Waals surface area contributed by atoms with Crippen LogP contribution in [0.4, 0.5) is 0 Å². The minimum absolute atomic E-state index is 0.0260. The summed E-state index contributed by atoms with van der Waals surface area (Å²) in [6.07, 6.45) is 4.42. The lowest BCUT2D eigenvalue weighted by atomic mass is 9.83. The van der Waals surface area contributed by atoms with E-state index in [-0.39, 0.29) is 34.7 Å². The average Bonchev–Trinajstić information content (AvgIpc) is 3.72. The zero-order chi connectivity index (χ0) is 35.7. The molecule has 9 nitrogen and oxygen atoms in total. The Labute approximate surface area is 286 Å². The van der Waals surface area contributed by atoms with Crippen LogP contribution in [0.5, 0.6) is 0 Å². The standard InChI is InChI=1S/C39H55N7O2/c1-13-38(8,9)34(47)45-30(36(2,3)4)32-41-22-28(43-32)26-18-14-24(15-19-26)25-16-20-27(21-17-25)29-23-42-33(44-29)31(37(5,6)7)46-35(48)39(10,11)40-12/h14-23,30-31,40H,13H2,1-12H3,(H,41,43)(H,42,44)(H,45,47)(H,46,48)/t30-,31-/m1/s1. The van der Waals surface area contributed by atoms with Crippen molar-refractivity contribution in [2.45, 2.75) is 100 Å². The molecule has 0 spiro atoms. The summed E-state index contributed by atoms with van der Waals surface area (Å²) in [7, 11) is 1.78. The van der Waals surface area contributed by atoms with Crippen molar-refractivity contribution in [2.24, 2.45) is 16.2 Å². The first-order chi connectivity index (χ1) is 22.3. The molecule has 2 aromatic carbocycles. The van der Waals surface area contributed by atoms with Crippen molar-refractivity contribution in [2.75, 3.05) is 7.05 Å². The van der Waals surface area contributed by atoms with Crippen molar-refractivity contribution in [1.29, 1.82) is 0 Å². The number of amides is 2. The van der Waals surface area contributed by atoms with E-state index >= 15 is 0 Å². The predicted molar refractivity (Wildman–Crippen MR) is 195 cm³/mol. The van der Waals surface area contributed by atoms with Crippen LogP contribution in [0.25, 0.3) is 33.6 Å². The van der Waals surface area contributed by atoms with Gasteiger partial charge in [-0.1, -0.05) is 111 Å². The number of carbonyl (C=O) groups excluding carboxylic acids is 2. The van der Waals surface area contributed by atoms with Gasteiger partial charge < -0.3 is 25.9 Å². The lowest BCUT2D eigenvalue weighted by Crippen LogP contribution is -2.53. The predicted octanol–water partition coefficient (Wildman–Crippen LogP) is 7.97. The Morgan fingerprint density at radius 3 is 1.31 bits per heavy atom. The Morgan fingerprint density at radius 1 is 0.625 bits per heavy atom. The molecule has 0 fully saturated rings. The molecule has 2 atom stereocenters. The van der Waals surface area contributed by atoms with Crippen molar-refractivity contribution in [3.05, 3.63) is 72.6 Å². The van der Waals surface area contributed by atoms with Crippen LogP contribution < -0.4 is 16.0 Å². The maximum absolute atomic E-state index is 13.0. The monoisotopic (exact) mass is 653 g/mol. The maximum Gasteiger partial charge on any atom is 0.240 e. The van der Waals surface area contributed by atoms with Gasteiger partial charge in [0.2, 0.25) is 11.8 Å². The number of imidazole rings is 2. The molecule has 0 radical (unpaired) electrons. The second-order valence-electron chi connectivity index (χ2n) is 16.2. The number of hydrogen-bond donors (Lipinski definition) is 5. The van der Waals surface area contributed by atoms with Crippen molar-refractivity contribution >= 4 is 11.8 Å². The first-order valence-electron chi connectivity index (χ1n) is 16.9. The molecule has 2 amide bonds. The molecule has 2 heterocycles. The highest BCUT2D eigenvalue weighted by Gasteiger charge is 2.36. The molecule has 0 unspecified atom stereocenters. The molecule has 2 aromatic heterocycles. The van der Waals surface area contributed by atoms with Crippen LogP contribution in [0.2, 0.25) is 0 Å². The third kappa shape index (κ3) is 8.24. The number of likely N-dealkylation sites (N-methyl/N-ethyl adjacent to an activating group) is 1. The van der Waals surface area contributed by atoms with Crippen LogP contribution in [-0.2, 0) is 9.59 Å². The molecule has 0 aliphatic rings. The quantitative estimate of drug-likeness (QED) is 0.112. The van der Waals surface area contributed by atoms with Gasteiger partial charge in [0.25, 0.3) is 0 Å². The van der Waals surface area contributed by atoms with Crippen molar-refractivity contribution in [3.63, 3.8) is 0 Å². The van der Waals surface area contributed by atoms with E-state index in [0.29, 0.717) is 0 Å². The minimum atomic E-state index is -0.700. The van der Waals surface area contributed by atoms with Crippen molar-refractivity contribution in [1.82, 2.24) is 35.9 Å². The molecule has 4 rings (SSSR count). The summed E-state index contributed by atoms with van der Waals surface area (Å²) >= 11 is 0. The van der Waals surface area contributed by atoms with E-state index in [1.54, 1.807) is 7.05 Å². The first-order valence-corrected chi connectivity index (χ1v) is 16.9. The van der Waals surface area contributed by atoms with Gasteiger partial charge >= 0.3 is 0 Å². The number of carbonyl (C=O) groups is 2. The zero-order valence-corrected chi connectivity index (χ0v) is 30.8. The van der Waals surface area contributed by atoms with Gasteiger partial charge in [0.1, 0.15) is 11.6 Å². The van der Waals surface area contributed by atoms with E-state index < -0.39 is 11.0 Å². The van der Waals surface area contributed by atoms with Crippen LogP contribution in [0.15, 0.2) is 60.9 Å². The number of H-pyrrole nitrogens is 2. The summed E-state index contributed by atoms with van der Waals surface area (Å²) < 4.78 is 0.